The van der Waals surface area contributed by atoms with Gasteiger partial charge in [-0.05, 0) is 134 Å². The van der Waals surface area contributed by atoms with Crippen LogP contribution in [0.4, 0.5) is 34.1 Å². The van der Waals surface area contributed by atoms with Crippen molar-refractivity contribution in [1.29, 1.82) is 0 Å². The molecule has 0 saturated carbocycles. The fourth-order valence-electron chi connectivity index (χ4n) is 11.3. The Morgan fingerprint density at radius 3 is 1.07 bits per heavy atom. The highest BCUT2D eigenvalue weighted by molar-refractivity contribution is 6.27. The zero-order valence-corrected chi connectivity index (χ0v) is 37.6. The number of nitrogens with zero attached hydrogens (tertiary/aromatic N) is 4. The molecule has 0 radical (unpaired) electrons. The number of rotatable bonds is 8. The lowest BCUT2D eigenvalue weighted by atomic mass is 9.99. The van der Waals surface area contributed by atoms with Crippen molar-refractivity contribution in [2.45, 2.75) is 26.9 Å². The molecule has 14 rings (SSSR count). The average molecular weight is 877 g/mol. The molecule has 0 saturated heterocycles. The summed E-state index contributed by atoms with van der Waals surface area (Å²) in [6.07, 6.45) is 0. The van der Waals surface area contributed by atoms with Crippen LogP contribution >= 0.6 is 0 Å². The Hall–Kier alpha value is -8.74. The first-order valence-corrected chi connectivity index (χ1v) is 23.6. The highest BCUT2D eigenvalue weighted by atomic mass is 16.3. The van der Waals surface area contributed by atoms with Crippen LogP contribution in [0.15, 0.2) is 215 Å². The van der Waals surface area contributed by atoms with Crippen LogP contribution in [0.5, 0.6) is 0 Å². The normalized spacial score (nSPS) is 12.1. The predicted molar refractivity (Wildman–Crippen MR) is 285 cm³/mol. The largest absolute Gasteiger partial charge is 0.456 e. The molecule has 10 aromatic carbocycles. The van der Waals surface area contributed by atoms with E-state index in [-0.39, 0.29) is 0 Å². The van der Waals surface area contributed by atoms with E-state index in [9.17, 15) is 0 Å². The van der Waals surface area contributed by atoms with E-state index in [4.69, 9.17) is 8.83 Å². The van der Waals surface area contributed by atoms with Gasteiger partial charge in [0.25, 0.3) is 0 Å². The molecule has 68 heavy (non-hydrogen) atoms. The van der Waals surface area contributed by atoms with E-state index in [0.717, 1.165) is 102 Å². The van der Waals surface area contributed by atoms with Crippen LogP contribution < -0.4 is 9.80 Å². The minimum Gasteiger partial charge on any atom is -0.456 e. The summed E-state index contributed by atoms with van der Waals surface area (Å²) in [5.74, 6) is 0. The van der Waals surface area contributed by atoms with Crippen molar-refractivity contribution in [3.63, 3.8) is 0 Å². The fourth-order valence-corrected chi connectivity index (χ4v) is 11.3. The number of benzene rings is 10. The van der Waals surface area contributed by atoms with Crippen LogP contribution in [-0.2, 0) is 13.1 Å². The molecule has 4 heterocycles. The quantitative estimate of drug-likeness (QED) is 0.153. The molecular weight excluding hydrogens is 833 g/mol. The number of furan rings is 2. The van der Waals surface area contributed by atoms with E-state index < -0.39 is 0 Å². The summed E-state index contributed by atoms with van der Waals surface area (Å²) in [6, 6.07) is 74.3. The molecule has 0 aliphatic rings. The van der Waals surface area contributed by atoms with Gasteiger partial charge >= 0.3 is 0 Å². The monoisotopic (exact) mass is 876 g/mol. The van der Waals surface area contributed by atoms with Crippen molar-refractivity contribution >= 4 is 132 Å². The summed E-state index contributed by atoms with van der Waals surface area (Å²) in [7, 11) is 0. The maximum atomic E-state index is 6.77. The maximum absolute atomic E-state index is 6.77. The molecule has 0 unspecified atom stereocenters. The maximum Gasteiger partial charge on any atom is 0.137 e. The van der Waals surface area contributed by atoms with Gasteiger partial charge in [-0.25, -0.2) is 0 Å². The lowest BCUT2D eigenvalue weighted by Gasteiger charge is -2.25. The molecule has 0 N–H and O–H groups in total. The molecule has 0 amide bonds. The van der Waals surface area contributed by atoms with Gasteiger partial charge in [-0.2, -0.15) is 0 Å². The van der Waals surface area contributed by atoms with E-state index in [1.165, 1.54) is 43.6 Å². The van der Waals surface area contributed by atoms with E-state index >= 15 is 0 Å². The summed E-state index contributed by atoms with van der Waals surface area (Å²) in [5.41, 5.74) is 14.8. The summed E-state index contributed by atoms with van der Waals surface area (Å²) in [6.45, 7) is 6.21. The highest BCUT2D eigenvalue weighted by Crippen LogP contribution is 2.46. The van der Waals surface area contributed by atoms with Crippen molar-refractivity contribution in [1.82, 2.24) is 9.13 Å². The Morgan fingerprint density at radius 1 is 0.294 bits per heavy atom. The Labute approximate surface area is 391 Å². The molecule has 0 fully saturated rings. The number of hydrogen-bond donors (Lipinski definition) is 0. The Kier molecular flexibility index (Phi) is 8.44. The van der Waals surface area contributed by atoms with Crippen molar-refractivity contribution in [2.75, 3.05) is 9.80 Å². The Balaban J connectivity index is 0.893. The second-order valence-corrected chi connectivity index (χ2v) is 17.8. The molecule has 0 aliphatic heterocycles. The van der Waals surface area contributed by atoms with Gasteiger partial charge < -0.3 is 27.8 Å². The first kappa shape index (κ1) is 38.5. The zero-order chi connectivity index (χ0) is 45.0. The lowest BCUT2D eigenvalue weighted by molar-refractivity contribution is 0.668. The van der Waals surface area contributed by atoms with Gasteiger partial charge in [-0.3, -0.25) is 0 Å². The van der Waals surface area contributed by atoms with Gasteiger partial charge in [0.1, 0.15) is 22.3 Å². The Morgan fingerprint density at radius 2 is 0.647 bits per heavy atom. The average Bonchev–Trinajstić information content (AvgIpc) is 4.14. The molecule has 324 valence electrons. The van der Waals surface area contributed by atoms with Crippen LogP contribution in [0.3, 0.4) is 0 Å². The minimum atomic E-state index is 0.843. The van der Waals surface area contributed by atoms with Crippen molar-refractivity contribution < 1.29 is 8.83 Å². The smallest absolute Gasteiger partial charge is 0.137 e. The summed E-state index contributed by atoms with van der Waals surface area (Å²) in [5, 5.41) is 11.7. The van der Waals surface area contributed by atoms with Crippen LogP contribution in [0.1, 0.15) is 13.8 Å². The van der Waals surface area contributed by atoms with Crippen LogP contribution in [-0.4, -0.2) is 9.13 Å². The van der Waals surface area contributed by atoms with E-state index in [2.05, 4.69) is 239 Å². The molecular formula is C62H44N4O2. The SMILES string of the molecule is CCn1c2ccccc2c2ccc(N(c3ccccc3)c3ccc4c(c3)oc3ccc5c(ccc6oc7cc(N(c8ccccc8)c8ccc9c%10ccccc%10n(CC)c9c8)ccc7c65)c34)cc21. The molecule has 0 spiro atoms. The molecule has 4 aromatic heterocycles. The molecule has 6 heteroatoms. The van der Waals surface area contributed by atoms with Crippen molar-refractivity contribution in [3.05, 3.63) is 206 Å². The van der Waals surface area contributed by atoms with E-state index in [0.29, 0.717) is 0 Å². The Bertz CT molecular complexity index is 4030. The molecule has 0 atom stereocenters. The summed E-state index contributed by atoms with van der Waals surface area (Å²) >= 11 is 0. The summed E-state index contributed by atoms with van der Waals surface area (Å²) < 4.78 is 18.4. The van der Waals surface area contributed by atoms with Gasteiger partial charge in [0, 0.05) is 113 Å². The van der Waals surface area contributed by atoms with Crippen LogP contribution in [0.2, 0.25) is 0 Å². The van der Waals surface area contributed by atoms with Gasteiger partial charge in [-0.1, -0.05) is 84.9 Å². The number of fused-ring (bicyclic) bond motifs is 15. The number of hydrogen-bond acceptors (Lipinski definition) is 4. The molecule has 0 aliphatic carbocycles. The first-order valence-electron chi connectivity index (χ1n) is 23.6. The third kappa shape index (κ3) is 5.64. The topological polar surface area (TPSA) is 42.6 Å². The molecule has 6 nitrogen and oxygen atoms in total. The zero-order valence-electron chi connectivity index (χ0n) is 37.6. The van der Waals surface area contributed by atoms with E-state index in [1.807, 2.05) is 0 Å². The number of anilines is 6. The molecule has 14 aromatic rings. The minimum absolute atomic E-state index is 0.843. The number of para-hydroxylation sites is 4. The highest BCUT2D eigenvalue weighted by Gasteiger charge is 2.22. The third-order valence-electron chi connectivity index (χ3n) is 14.2. The number of aryl methyl sites for hydroxylation is 2. The third-order valence-corrected chi connectivity index (χ3v) is 14.2. The van der Waals surface area contributed by atoms with Crippen molar-refractivity contribution in [2.24, 2.45) is 0 Å². The first-order chi connectivity index (χ1) is 33.6. The van der Waals surface area contributed by atoms with Gasteiger partial charge in [0.2, 0.25) is 0 Å². The standard InChI is InChI=1S/C62H44N4O2/c1-3-63-53-21-13-11-19-45(53)47-27-23-41(35-55(47)63)65(39-15-7-5-8-16-39)43-25-29-51-59(37-43)67-57-33-31-50-49(61(51)57)32-34-58-62(50)52-30-26-44(38-60(52)68-58)66(40-17-9-6-10-18-40)42-24-28-48-46-20-12-14-22-54(46)64(4-2)56(48)36-42/h5-38H,3-4H2,1-2H3. The van der Waals surface area contributed by atoms with Gasteiger partial charge in [0.05, 0.1) is 11.0 Å². The van der Waals surface area contributed by atoms with Gasteiger partial charge in [0.15, 0.2) is 0 Å². The predicted octanol–water partition coefficient (Wildman–Crippen LogP) is 17.8. The number of aromatic nitrogens is 2. The van der Waals surface area contributed by atoms with Crippen molar-refractivity contribution in [3.8, 4) is 0 Å². The summed E-state index contributed by atoms with van der Waals surface area (Å²) in [4.78, 5) is 4.67. The van der Waals surface area contributed by atoms with Crippen LogP contribution in [0.25, 0.3) is 98.3 Å². The second kappa shape index (κ2) is 14.9. The molecule has 0 bridgehead atoms. The fraction of sp³-hybridized carbons (Fsp3) is 0.0645. The van der Waals surface area contributed by atoms with Gasteiger partial charge in [-0.15, -0.1) is 0 Å². The lowest BCUT2D eigenvalue weighted by Crippen LogP contribution is -2.10. The van der Waals surface area contributed by atoms with E-state index in [1.54, 1.807) is 0 Å². The second-order valence-electron chi connectivity index (χ2n) is 17.8. The van der Waals surface area contributed by atoms with Crippen LogP contribution in [0, 0.1) is 0 Å².